The summed E-state index contributed by atoms with van der Waals surface area (Å²) in [6, 6.07) is 7.12. The van der Waals surface area contributed by atoms with Crippen LogP contribution in [-0.4, -0.2) is 49.5 Å². The lowest BCUT2D eigenvalue weighted by molar-refractivity contribution is -0.120. The fourth-order valence-corrected chi connectivity index (χ4v) is 3.14. The molecular weight excluding hydrogens is 434 g/mol. The van der Waals surface area contributed by atoms with E-state index in [0.717, 1.165) is 50.3 Å². The first-order chi connectivity index (χ1) is 11.6. The SMILES string of the molecule is CN=C(NCC(=O)NC1CC1)N1CCC(Cc2ccc(F)cc2)C1.I. The molecule has 0 spiro atoms. The van der Waals surface area contributed by atoms with Crippen LogP contribution in [0.2, 0.25) is 0 Å². The summed E-state index contributed by atoms with van der Waals surface area (Å²) in [7, 11) is 1.74. The summed E-state index contributed by atoms with van der Waals surface area (Å²) in [4.78, 5) is 18.3. The van der Waals surface area contributed by atoms with Crippen molar-refractivity contribution in [3.63, 3.8) is 0 Å². The van der Waals surface area contributed by atoms with Crippen LogP contribution in [0, 0.1) is 11.7 Å². The van der Waals surface area contributed by atoms with E-state index >= 15 is 0 Å². The van der Waals surface area contributed by atoms with E-state index in [-0.39, 0.29) is 42.2 Å². The van der Waals surface area contributed by atoms with Crippen molar-refractivity contribution in [3.05, 3.63) is 35.6 Å². The molecule has 1 heterocycles. The van der Waals surface area contributed by atoms with Gasteiger partial charge in [0.05, 0.1) is 6.54 Å². The van der Waals surface area contributed by atoms with Gasteiger partial charge < -0.3 is 15.5 Å². The lowest BCUT2D eigenvalue weighted by Gasteiger charge is -2.21. The van der Waals surface area contributed by atoms with Crippen LogP contribution in [0.4, 0.5) is 4.39 Å². The van der Waals surface area contributed by atoms with E-state index in [2.05, 4.69) is 20.5 Å². The largest absolute Gasteiger partial charge is 0.352 e. The Morgan fingerprint density at radius 3 is 2.64 bits per heavy atom. The van der Waals surface area contributed by atoms with Crippen LogP contribution in [0.1, 0.15) is 24.8 Å². The number of carbonyl (C=O) groups excluding carboxylic acids is 1. The predicted octanol–water partition coefficient (Wildman–Crippen LogP) is 2.16. The van der Waals surface area contributed by atoms with E-state index in [0.29, 0.717) is 12.0 Å². The van der Waals surface area contributed by atoms with Gasteiger partial charge >= 0.3 is 0 Å². The smallest absolute Gasteiger partial charge is 0.239 e. The number of halogens is 2. The number of amides is 1. The van der Waals surface area contributed by atoms with Gasteiger partial charge in [-0.15, -0.1) is 24.0 Å². The van der Waals surface area contributed by atoms with Gasteiger partial charge in [-0.05, 0) is 49.3 Å². The number of hydrogen-bond donors (Lipinski definition) is 2. The van der Waals surface area contributed by atoms with Crippen molar-refractivity contribution >= 4 is 35.8 Å². The molecule has 0 bridgehead atoms. The van der Waals surface area contributed by atoms with Gasteiger partial charge in [0.15, 0.2) is 5.96 Å². The number of guanidine groups is 1. The maximum Gasteiger partial charge on any atom is 0.239 e. The van der Waals surface area contributed by atoms with E-state index in [1.54, 1.807) is 7.05 Å². The van der Waals surface area contributed by atoms with Crippen molar-refractivity contribution in [2.75, 3.05) is 26.7 Å². The maximum atomic E-state index is 13.0. The molecule has 2 fully saturated rings. The Morgan fingerprint density at radius 2 is 2.00 bits per heavy atom. The normalized spacial score (nSPS) is 20.2. The van der Waals surface area contributed by atoms with Gasteiger partial charge in [-0.1, -0.05) is 12.1 Å². The van der Waals surface area contributed by atoms with E-state index in [1.165, 1.54) is 12.1 Å². The minimum Gasteiger partial charge on any atom is -0.352 e. The van der Waals surface area contributed by atoms with Crippen LogP contribution >= 0.6 is 24.0 Å². The molecule has 1 atom stereocenters. The molecule has 1 aliphatic carbocycles. The standard InChI is InChI=1S/C18H25FN4O.HI/c1-20-18(21-11-17(24)22-16-6-7-16)23-9-8-14(12-23)10-13-2-4-15(19)5-3-13;/h2-5,14,16H,6-12H2,1H3,(H,20,21)(H,22,24);1H. The summed E-state index contributed by atoms with van der Waals surface area (Å²) in [6.07, 6.45) is 4.21. The minimum absolute atomic E-state index is 0. The van der Waals surface area contributed by atoms with E-state index < -0.39 is 0 Å². The number of rotatable bonds is 5. The summed E-state index contributed by atoms with van der Waals surface area (Å²) < 4.78 is 13.0. The van der Waals surface area contributed by atoms with E-state index in [9.17, 15) is 9.18 Å². The molecule has 1 amide bonds. The summed E-state index contributed by atoms with van der Waals surface area (Å²) in [6.45, 7) is 2.10. The van der Waals surface area contributed by atoms with Crippen molar-refractivity contribution in [3.8, 4) is 0 Å². The third-order valence-electron chi connectivity index (χ3n) is 4.58. The topological polar surface area (TPSA) is 56.7 Å². The summed E-state index contributed by atoms with van der Waals surface area (Å²) in [5, 5.41) is 6.11. The van der Waals surface area contributed by atoms with Crippen LogP contribution in [0.25, 0.3) is 0 Å². The van der Waals surface area contributed by atoms with Crippen molar-refractivity contribution in [2.24, 2.45) is 10.9 Å². The number of hydrogen-bond acceptors (Lipinski definition) is 2. The Labute approximate surface area is 165 Å². The van der Waals surface area contributed by atoms with Crippen LogP contribution in [-0.2, 0) is 11.2 Å². The number of nitrogens with one attached hydrogen (secondary N) is 2. The zero-order chi connectivity index (χ0) is 16.9. The molecule has 138 valence electrons. The third kappa shape index (κ3) is 6.13. The van der Waals surface area contributed by atoms with Gasteiger partial charge in [0, 0.05) is 26.2 Å². The second kappa shape index (κ2) is 9.35. The molecule has 1 unspecified atom stereocenters. The number of likely N-dealkylation sites (tertiary alicyclic amines) is 1. The first-order valence-electron chi connectivity index (χ1n) is 8.63. The molecule has 1 aromatic carbocycles. The molecule has 3 rings (SSSR count). The van der Waals surface area contributed by atoms with Crippen LogP contribution in [0.15, 0.2) is 29.3 Å². The lowest BCUT2D eigenvalue weighted by Crippen LogP contribution is -2.45. The van der Waals surface area contributed by atoms with E-state index in [4.69, 9.17) is 0 Å². The zero-order valence-electron chi connectivity index (χ0n) is 14.5. The average molecular weight is 460 g/mol. The Hall–Kier alpha value is -1.38. The summed E-state index contributed by atoms with van der Waals surface area (Å²) >= 11 is 0. The van der Waals surface area contributed by atoms with Crippen LogP contribution in [0.5, 0.6) is 0 Å². The van der Waals surface area contributed by atoms with Crippen molar-refractivity contribution in [1.29, 1.82) is 0 Å². The molecule has 25 heavy (non-hydrogen) atoms. The highest BCUT2D eigenvalue weighted by atomic mass is 127. The second-order valence-corrected chi connectivity index (χ2v) is 6.67. The highest BCUT2D eigenvalue weighted by Gasteiger charge is 2.26. The van der Waals surface area contributed by atoms with Crippen molar-refractivity contribution in [2.45, 2.75) is 31.7 Å². The summed E-state index contributed by atoms with van der Waals surface area (Å²) in [5.74, 6) is 1.14. The van der Waals surface area contributed by atoms with Gasteiger partial charge in [-0.25, -0.2) is 4.39 Å². The Balaban J connectivity index is 0.00000225. The highest BCUT2D eigenvalue weighted by Crippen LogP contribution is 2.21. The van der Waals surface area contributed by atoms with Crippen LogP contribution < -0.4 is 10.6 Å². The van der Waals surface area contributed by atoms with Gasteiger partial charge in [-0.3, -0.25) is 9.79 Å². The predicted molar refractivity (Wildman–Crippen MR) is 108 cm³/mol. The lowest BCUT2D eigenvalue weighted by atomic mass is 9.99. The van der Waals surface area contributed by atoms with Crippen molar-refractivity contribution < 1.29 is 9.18 Å². The van der Waals surface area contributed by atoms with Crippen molar-refractivity contribution in [1.82, 2.24) is 15.5 Å². The first kappa shape index (κ1) is 19.9. The number of carbonyl (C=O) groups is 1. The molecule has 1 saturated carbocycles. The molecule has 1 aromatic rings. The molecule has 5 nitrogen and oxygen atoms in total. The monoisotopic (exact) mass is 460 g/mol. The molecular formula is C18H26FIN4O. The zero-order valence-corrected chi connectivity index (χ0v) is 16.8. The Kier molecular flexibility index (Phi) is 7.46. The minimum atomic E-state index is -0.194. The van der Waals surface area contributed by atoms with Gasteiger partial charge in [0.1, 0.15) is 5.82 Å². The summed E-state index contributed by atoms with van der Waals surface area (Å²) in [5.41, 5.74) is 1.16. The quantitative estimate of drug-likeness (QED) is 0.403. The molecule has 2 aliphatic rings. The second-order valence-electron chi connectivity index (χ2n) is 6.67. The first-order valence-corrected chi connectivity index (χ1v) is 8.63. The van der Waals surface area contributed by atoms with Gasteiger partial charge in [0.25, 0.3) is 0 Å². The Bertz CT molecular complexity index is 604. The fraction of sp³-hybridized carbons (Fsp3) is 0.556. The highest BCUT2D eigenvalue weighted by molar-refractivity contribution is 14.0. The van der Waals surface area contributed by atoms with Gasteiger partial charge in [0.2, 0.25) is 5.91 Å². The van der Waals surface area contributed by atoms with Crippen LogP contribution in [0.3, 0.4) is 0 Å². The molecule has 2 N–H and O–H groups in total. The fourth-order valence-electron chi connectivity index (χ4n) is 3.14. The molecule has 0 radical (unpaired) electrons. The molecule has 7 heteroatoms. The molecule has 0 aromatic heterocycles. The number of nitrogens with zero attached hydrogens (tertiary/aromatic N) is 2. The maximum absolute atomic E-state index is 13.0. The number of aliphatic imine (C=N–C) groups is 1. The number of benzene rings is 1. The Morgan fingerprint density at radius 1 is 1.28 bits per heavy atom. The molecule has 1 aliphatic heterocycles. The van der Waals surface area contributed by atoms with E-state index in [1.807, 2.05) is 12.1 Å². The van der Waals surface area contributed by atoms with Gasteiger partial charge in [-0.2, -0.15) is 0 Å². The average Bonchev–Trinajstić information content (AvgIpc) is 3.27. The molecule has 1 saturated heterocycles. The third-order valence-corrected chi connectivity index (χ3v) is 4.58.